The standard InChI is InChI=1S/C16H23Cl2N3O.HI/c1-3-19-16(21-8-7-12(22)10-21)20-9-11(2)15-13(17)5-4-6-14(15)18;/h4-6,11-12,22H,3,7-10H2,1-2H3,(H,19,20);1H/t11?,12-;/m1./s1. The average Bonchev–Trinajstić information content (AvgIpc) is 2.89. The summed E-state index contributed by atoms with van der Waals surface area (Å²) < 4.78 is 0. The van der Waals surface area contributed by atoms with Gasteiger partial charge in [-0.05, 0) is 31.0 Å². The molecule has 0 aliphatic carbocycles. The van der Waals surface area contributed by atoms with Gasteiger partial charge in [0.2, 0.25) is 0 Å². The maximum atomic E-state index is 9.69. The zero-order valence-corrected chi connectivity index (χ0v) is 17.3. The fourth-order valence-electron chi connectivity index (χ4n) is 2.66. The van der Waals surface area contributed by atoms with Crippen LogP contribution in [0.15, 0.2) is 23.2 Å². The fraction of sp³-hybridized carbons (Fsp3) is 0.562. The quantitative estimate of drug-likeness (QED) is 0.399. The first-order valence-electron chi connectivity index (χ1n) is 7.68. The molecule has 1 aliphatic heterocycles. The Morgan fingerprint density at radius 1 is 1.43 bits per heavy atom. The maximum absolute atomic E-state index is 9.69. The van der Waals surface area contributed by atoms with Gasteiger partial charge in [-0.1, -0.05) is 36.2 Å². The summed E-state index contributed by atoms with van der Waals surface area (Å²) >= 11 is 12.5. The third-order valence-corrected chi connectivity index (χ3v) is 4.46. The van der Waals surface area contributed by atoms with Crippen LogP contribution in [0.1, 0.15) is 31.7 Å². The van der Waals surface area contributed by atoms with Crippen molar-refractivity contribution in [2.75, 3.05) is 26.2 Å². The third kappa shape index (κ3) is 5.66. The van der Waals surface area contributed by atoms with E-state index in [1.807, 2.05) is 25.1 Å². The summed E-state index contributed by atoms with van der Waals surface area (Å²) in [5, 5.41) is 14.3. The van der Waals surface area contributed by atoms with Gasteiger partial charge in [0.05, 0.1) is 6.10 Å². The molecular weight excluding hydrogens is 448 g/mol. The molecule has 1 unspecified atom stereocenters. The molecule has 2 rings (SSSR count). The lowest BCUT2D eigenvalue weighted by molar-refractivity contribution is 0.188. The molecule has 1 aliphatic rings. The predicted octanol–water partition coefficient (Wildman–Crippen LogP) is 3.75. The molecule has 0 saturated carbocycles. The van der Waals surface area contributed by atoms with E-state index in [9.17, 15) is 5.11 Å². The number of rotatable bonds is 4. The van der Waals surface area contributed by atoms with Crippen molar-refractivity contribution in [2.45, 2.75) is 32.3 Å². The molecular formula is C16H24Cl2IN3O. The number of halogens is 3. The number of nitrogens with one attached hydrogen (secondary N) is 1. The monoisotopic (exact) mass is 471 g/mol. The second-order valence-electron chi connectivity index (χ2n) is 5.62. The normalized spacial score (nSPS) is 19.4. The van der Waals surface area contributed by atoms with Crippen LogP contribution in [0.4, 0.5) is 0 Å². The van der Waals surface area contributed by atoms with E-state index in [0.29, 0.717) is 23.1 Å². The van der Waals surface area contributed by atoms with Crippen LogP contribution in [0.3, 0.4) is 0 Å². The largest absolute Gasteiger partial charge is 0.391 e. The Hall–Kier alpha value is -0.240. The Balaban J connectivity index is 0.00000264. The maximum Gasteiger partial charge on any atom is 0.194 e. The van der Waals surface area contributed by atoms with E-state index < -0.39 is 0 Å². The SMILES string of the molecule is CCNC(=NCC(C)c1c(Cl)cccc1Cl)N1CC[C@@H](O)C1.I. The molecule has 0 aromatic heterocycles. The van der Waals surface area contributed by atoms with Crippen LogP contribution in [-0.4, -0.2) is 48.2 Å². The van der Waals surface area contributed by atoms with E-state index in [2.05, 4.69) is 17.1 Å². The van der Waals surface area contributed by atoms with Crippen LogP contribution in [0.2, 0.25) is 10.0 Å². The Morgan fingerprint density at radius 3 is 2.61 bits per heavy atom. The molecule has 4 nitrogen and oxygen atoms in total. The van der Waals surface area contributed by atoms with Crippen LogP contribution in [0.25, 0.3) is 0 Å². The number of hydrogen-bond donors (Lipinski definition) is 2. The Bertz CT molecular complexity index is 522. The molecule has 130 valence electrons. The van der Waals surface area contributed by atoms with Crippen molar-refractivity contribution in [3.8, 4) is 0 Å². The molecule has 1 fully saturated rings. The Kier molecular flexibility index (Phi) is 8.97. The van der Waals surface area contributed by atoms with Gasteiger partial charge < -0.3 is 15.3 Å². The van der Waals surface area contributed by atoms with Gasteiger partial charge in [-0.3, -0.25) is 4.99 Å². The average molecular weight is 472 g/mol. The highest BCUT2D eigenvalue weighted by Crippen LogP contribution is 2.31. The molecule has 0 bridgehead atoms. The predicted molar refractivity (Wildman–Crippen MR) is 108 cm³/mol. The summed E-state index contributed by atoms with van der Waals surface area (Å²) in [4.78, 5) is 6.78. The number of likely N-dealkylation sites (tertiary alicyclic amines) is 1. The number of β-amino-alcohol motifs (C(OH)–C–C–N with tert-alkyl or cyclic N) is 1. The van der Waals surface area contributed by atoms with Crippen molar-refractivity contribution in [3.63, 3.8) is 0 Å². The molecule has 0 spiro atoms. The highest BCUT2D eigenvalue weighted by molar-refractivity contribution is 14.0. The zero-order chi connectivity index (χ0) is 16.1. The van der Waals surface area contributed by atoms with E-state index in [-0.39, 0.29) is 36.0 Å². The first kappa shape index (κ1) is 20.8. The summed E-state index contributed by atoms with van der Waals surface area (Å²) in [5.41, 5.74) is 0.937. The van der Waals surface area contributed by atoms with Crippen molar-refractivity contribution < 1.29 is 5.11 Å². The first-order valence-corrected chi connectivity index (χ1v) is 8.43. The highest BCUT2D eigenvalue weighted by Gasteiger charge is 2.23. The number of nitrogens with zero attached hydrogens (tertiary/aromatic N) is 2. The van der Waals surface area contributed by atoms with Crippen molar-refractivity contribution in [1.82, 2.24) is 10.2 Å². The van der Waals surface area contributed by atoms with E-state index in [0.717, 1.165) is 31.0 Å². The number of hydrogen-bond acceptors (Lipinski definition) is 2. The molecule has 23 heavy (non-hydrogen) atoms. The number of benzene rings is 1. The smallest absolute Gasteiger partial charge is 0.194 e. The molecule has 7 heteroatoms. The minimum atomic E-state index is -0.265. The molecule has 2 N–H and O–H groups in total. The van der Waals surface area contributed by atoms with Crippen molar-refractivity contribution >= 4 is 53.1 Å². The van der Waals surface area contributed by atoms with Crippen molar-refractivity contribution in [3.05, 3.63) is 33.8 Å². The van der Waals surface area contributed by atoms with Crippen molar-refractivity contribution in [2.24, 2.45) is 4.99 Å². The Morgan fingerprint density at radius 2 is 2.09 bits per heavy atom. The Labute approximate surface area is 165 Å². The lowest BCUT2D eigenvalue weighted by Crippen LogP contribution is -2.40. The molecule has 1 aromatic carbocycles. The number of aliphatic hydroxyl groups is 1. The molecule has 1 aromatic rings. The van der Waals surface area contributed by atoms with Crippen LogP contribution in [0.5, 0.6) is 0 Å². The summed E-state index contributed by atoms with van der Waals surface area (Å²) in [6.45, 7) is 6.96. The minimum Gasteiger partial charge on any atom is -0.391 e. The zero-order valence-electron chi connectivity index (χ0n) is 13.4. The summed E-state index contributed by atoms with van der Waals surface area (Å²) in [5.74, 6) is 0.969. The molecule has 1 saturated heterocycles. The fourth-order valence-corrected chi connectivity index (χ4v) is 3.43. The summed E-state index contributed by atoms with van der Waals surface area (Å²) in [7, 11) is 0. The van der Waals surface area contributed by atoms with E-state index in [1.54, 1.807) is 0 Å². The molecule has 0 radical (unpaired) electrons. The molecule has 0 amide bonds. The second-order valence-corrected chi connectivity index (χ2v) is 6.43. The summed E-state index contributed by atoms with van der Waals surface area (Å²) in [6.07, 6.45) is 0.523. The van der Waals surface area contributed by atoms with Crippen LogP contribution in [-0.2, 0) is 0 Å². The first-order chi connectivity index (χ1) is 10.5. The van der Waals surface area contributed by atoms with Gasteiger partial charge in [-0.15, -0.1) is 24.0 Å². The molecule has 2 atom stereocenters. The second kappa shape index (κ2) is 9.91. The van der Waals surface area contributed by atoms with Gasteiger partial charge in [0.1, 0.15) is 0 Å². The summed E-state index contributed by atoms with van der Waals surface area (Å²) in [6, 6.07) is 5.55. The third-order valence-electron chi connectivity index (χ3n) is 3.81. The van der Waals surface area contributed by atoms with Crippen LogP contribution >= 0.6 is 47.2 Å². The highest BCUT2D eigenvalue weighted by atomic mass is 127. The van der Waals surface area contributed by atoms with E-state index >= 15 is 0 Å². The van der Waals surface area contributed by atoms with Gasteiger partial charge >= 0.3 is 0 Å². The lowest BCUT2D eigenvalue weighted by Gasteiger charge is -2.22. The van der Waals surface area contributed by atoms with Crippen molar-refractivity contribution in [1.29, 1.82) is 0 Å². The van der Waals surface area contributed by atoms with Gasteiger partial charge in [0, 0.05) is 42.1 Å². The number of aliphatic hydroxyl groups excluding tert-OH is 1. The van der Waals surface area contributed by atoms with Gasteiger partial charge in [0.15, 0.2) is 5.96 Å². The van der Waals surface area contributed by atoms with Crippen LogP contribution in [0, 0.1) is 0 Å². The van der Waals surface area contributed by atoms with E-state index in [1.165, 1.54) is 0 Å². The van der Waals surface area contributed by atoms with Gasteiger partial charge in [-0.2, -0.15) is 0 Å². The lowest BCUT2D eigenvalue weighted by atomic mass is 10.0. The molecule has 1 heterocycles. The minimum absolute atomic E-state index is 0. The van der Waals surface area contributed by atoms with Gasteiger partial charge in [0.25, 0.3) is 0 Å². The van der Waals surface area contributed by atoms with Gasteiger partial charge in [-0.25, -0.2) is 0 Å². The van der Waals surface area contributed by atoms with Crippen LogP contribution < -0.4 is 5.32 Å². The number of guanidine groups is 1. The number of aliphatic imine (C=N–C) groups is 1. The van der Waals surface area contributed by atoms with E-state index in [4.69, 9.17) is 28.2 Å². The topological polar surface area (TPSA) is 47.9 Å².